The minimum absolute atomic E-state index is 0.0778. The number of fused-ring (bicyclic) bond motifs is 1. The number of para-hydroxylation sites is 1. The maximum Gasteiger partial charge on any atom is 0.220 e. The van der Waals surface area contributed by atoms with E-state index < -0.39 is 0 Å². The number of halogens is 2. The van der Waals surface area contributed by atoms with Crippen LogP contribution in [-0.2, 0) is 6.61 Å². The van der Waals surface area contributed by atoms with Crippen molar-refractivity contribution in [3.8, 4) is 11.6 Å². The quantitative estimate of drug-likeness (QED) is 0.716. The molecule has 3 nitrogen and oxygen atoms in total. The van der Waals surface area contributed by atoms with Crippen LogP contribution in [0.25, 0.3) is 10.9 Å². The number of aromatic nitrogens is 1. The molecule has 0 aliphatic rings. The van der Waals surface area contributed by atoms with Gasteiger partial charge < -0.3 is 9.84 Å². The Kier molecular flexibility index (Phi) is 4.10. The number of nitrogens with zero attached hydrogens (tertiary/aromatic N) is 1. The van der Waals surface area contributed by atoms with Crippen LogP contribution in [0.15, 0.2) is 53.0 Å². The van der Waals surface area contributed by atoms with E-state index in [0.717, 1.165) is 20.9 Å². The average molecular weight is 365 g/mol. The first-order valence-electron chi connectivity index (χ1n) is 6.30. The molecular formula is C16H11BrClNO2. The molecule has 0 fully saturated rings. The Balaban J connectivity index is 2.06. The van der Waals surface area contributed by atoms with Crippen LogP contribution in [0.4, 0.5) is 0 Å². The molecule has 1 N–H and O–H groups in total. The molecule has 0 bridgehead atoms. The molecule has 0 saturated heterocycles. The van der Waals surface area contributed by atoms with Gasteiger partial charge in [0.2, 0.25) is 5.88 Å². The molecule has 5 heteroatoms. The SMILES string of the molecule is OCc1cc(Oc2cc(Br)ccc2Cl)nc2ccccc12. The van der Waals surface area contributed by atoms with Gasteiger partial charge in [-0.1, -0.05) is 45.7 Å². The van der Waals surface area contributed by atoms with Crippen LogP contribution in [0, 0.1) is 0 Å². The Morgan fingerprint density at radius 2 is 1.95 bits per heavy atom. The summed E-state index contributed by atoms with van der Waals surface area (Å²) in [6.45, 7) is -0.0778. The van der Waals surface area contributed by atoms with Gasteiger partial charge in [-0.25, -0.2) is 4.98 Å². The van der Waals surface area contributed by atoms with Crippen molar-refractivity contribution < 1.29 is 9.84 Å². The molecule has 21 heavy (non-hydrogen) atoms. The molecule has 0 amide bonds. The molecule has 0 unspecified atom stereocenters. The summed E-state index contributed by atoms with van der Waals surface area (Å²) in [6.07, 6.45) is 0. The largest absolute Gasteiger partial charge is 0.437 e. The average Bonchev–Trinajstić information content (AvgIpc) is 2.50. The van der Waals surface area contributed by atoms with E-state index in [1.165, 1.54) is 0 Å². The van der Waals surface area contributed by atoms with Crippen LogP contribution in [0.2, 0.25) is 5.02 Å². The second-order valence-electron chi connectivity index (χ2n) is 4.47. The smallest absolute Gasteiger partial charge is 0.220 e. The molecule has 0 aliphatic heterocycles. The summed E-state index contributed by atoms with van der Waals surface area (Å²) in [4.78, 5) is 4.44. The van der Waals surface area contributed by atoms with Gasteiger partial charge in [0.05, 0.1) is 17.1 Å². The number of aliphatic hydroxyl groups is 1. The predicted molar refractivity (Wildman–Crippen MR) is 86.9 cm³/mol. The fourth-order valence-corrected chi connectivity index (χ4v) is 2.57. The van der Waals surface area contributed by atoms with Gasteiger partial charge in [0.1, 0.15) is 5.75 Å². The number of hydrogen-bond acceptors (Lipinski definition) is 3. The number of rotatable bonds is 3. The fraction of sp³-hybridized carbons (Fsp3) is 0.0625. The minimum atomic E-state index is -0.0778. The summed E-state index contributed by atoms with van der Waals surface area (Å²) >= 11 is 9.49. The Hall–Kier alpha value is -1.62. The molecule has 0 radical (unpaired) electrons. The zero-order valence-electron chi connectivity index (χ0n) is 10.9. The Morgan fingerprint density at radius 1 is 1.14 bits per heavy atom. The molecule has 0 saturated carbocycles. The zero-order chi connectivity index (χ0) is 14.8. The topological polar surface area (TPSA) is 42.4 Å². The van der Waals surface area contributed by atoms with Crippen LogP contribution >= 0.6 is 27.5 Å². The summed E-state index contributed by atoms with van der Waals surface area (Å²) in [7, 11) is 0. The third kappa shape index (κ3) is 3.02. The fourth-order valence-electron chi connectivity index (χ4n) is 2.07. The van der Waals surface area contributed by atoms with E-state index in [4.69, 9.17) is 16.3 Å². The van der Waals surface area contributed by atoms with Gasteiger partial charge in [-0.15, -0.1) is 0 Å². The van der Waals surface area contributed by atoms with Gasteiger partial charge in [-0.3, -0.25) is 0 Å². The number of hydrogen-bond donors (Lipinski definition) is 1. The molecule has 1 heterocycles. The number of ether oxygens (including phenoxy) is 1. The monoisotopic (exact) mass is 363 g/mol. The van der Waals surface area contributed by atoms with Gasteiger partial charge in [0, 0.05) is 15.9 Å². The standard InChI is InChI=1S/C16H11BrClNO2/c17-11-5-6-13(18)15(8-11)21-16-7-10(9-20)12-3-1-2-4-14(12)19-16/h1-8,20H,9H2. The van der Waals surface area contributed by atoms with Crippen molar-refractivity contribution in [1.82, 2.24) is 4.98 Å². The maximum absolute atomic E-state index is 9.51. The van der Waals surface area contributed by atoms with Crippen LogP contribution < -0.4 is 4.74 Å². The Morgan fingerprint density at radius 3 is 2.76 bits per heavy atom. The van der Waals surface area contributed by atoms with Crippen LogP contribution in [0.3, 0.4) is 0 Å². The molecule has 0 atom stereocenters. The molecule has 3 rings (SSSR count). The Labute approximate surface area is 135 Å². The highest BCUT2D eigenvalue weighted by atomic mass is 79.9. The van der Waals surface area contributed by atoms with Gasteiger partial charge in [0.15, 0.2) is 0 Å². The molecule has 0 spiro atoms. The van der Waals surface area contributed by atoms with Crippen molar-refractivity contribution in [1.29, 1.82) is 0 Å². The highest BCUT2D eigenvalue weighted by Crippen LogP contribution is 2.32. The van der Waals surface area contributed by atoms with Gasteiger partial charge >= 0.3 is 0 Å². The second-order valence-corrected chi connectivity index (χ2v) is 5.79. The van der Waals surface area contributed by atoms with Gasteiger partial charge in [-0.2, -0.15) is 0 Å². The third-order valence-corrected chi connectivity index (χ3v) is 3.86. The van der Waals surface area contributed by atoms with Crippen molar-refractivity contribution in [2.45, 2.75) is 6.61 Å². The number of aliphatic hydroxyl groups excluding tert-OH is 1. The predicted octanol–water partition coefficient (Wildman–Crippen LogP) is 4.94. The highest BCUT2D eigenvalue weighted by Gasteiger charge is 2.09. The first-order chi connectivity index (χ1) is 10.2. The lowest BCUT2D eigenvalue weighted by molar-refractivity contribution is 0.282. The van der Waals surface area contributed by atoms with Crippen molar-refractivity contribution in [2.75, 3.05) is 0 Å². The van der Waals surface area contributed by atoms with Crippen LogP contribution in [0.5, 0.6) is 11.6 Å². The third-order valence-electron chi connectivity index (χ3n) is 3.06. The van der Waals surface area contributed by atoms with E-state index in [2.05, 4.69) is 20.9 Å². The van der Waals surface area contributed by atoms with Crippen LogP contribution in [0.1, 0.15) is 5.56 Å². The highest BCUT2D eigenvalue weighted by molar-refractivity contribution is 9.10. The summed E-state index contributed by atoms with van der Waals surface area (Å²) in [5.41, 5.74) is 1.53. The minimum Gasteiger partial charge on any atom is -0.437 e. The lowest BCUT2D eigenvalue weighted by atomic mass is 10.1. The summed E-state index contributed by atoms with van der Waals surface area (Å²) in [6, 6.07) is 14.7. The lowest BCUT2D eigenvalue weighted by Gasteiger charge is -2.10. The van der Waals surface area contributed by atoms with Crippen molar-refractivity contribution >= 4 is 38.4 Å². The lowest BCUT2D eigenvalue weighted by Crippen LogP contribution is -1.94. The van der Waals surface area contributed by atoms with E-state index in [9.17, 15) is 5.11 Å². The van der Waals surface area contributed by atoms with Crippen molar-refractivity contribution in [3.63, 3.8) is 0 Å². The van der Waals surface area contributed by atoms with Gasteiger partial charge in [0.25, 0.3) is 0 Å². The van der Waals surface area contributed by atoms with E-state index in [0.29, 0.717) is 16.7 Å². The van der Waals surface area contributed by atoms with Crippen LogP contribution in [-0.4, -0.2) is 10.1 Å². The summed E-state index contributed by atoms with van der Waals surface area (Å²) < 4.78 is 6.62. The number of pyridine rings is 1. The zero-order valence-corrected chi connectivity index (χ0v) is 13.2. The first kappa shape index (κ1) is 14.3. The molecule has 1 aromatic heterocycles. The van der Waals surface area contributed by atoms with Gasteiger partial charge in [-0.05, 0) is 29.8 Å². The van der Waals surface area contributed by atoms with Crippen molar-refractivity contribution in [2.24, 2.45) is 0 Å². The molecular weight excluding hydrogens is 354 g/mol. The first-order valence-corrected chi connectivity index (χ1v) is 7.47. The van der Waals surface area contributed by atoms with Crippen molar-refractivity contribution in [3.05, 3.63) is 63.6 Å². The maximum atomic E-state index is 9.51. The van der Waals surface area contributed by atoms with E-state index in [1.807, 2.05) is 30.3 Å². The second kappa shape index (κ2) is 6.02. The number of benzene rings is 2. The molecule has 2 aromatic carbocycles. The van der Waals surface area contributed by atoms with E-state index in [-0.39, 0.29) is 6.61 Å². The molecule has 3 aromatic rings. The normalized spacial score (nSPS) is 10.8. The van der Waals surface area contributed by atoms with E-state index in [1.54, 1.807) is 18.2 Å². The molecule has 106 valence electrons. The Bertz CT molecular complexity index is 807. The summed E-state index contributed by atoms with van der Waals surface area (Å²) in [5, 5.41) is 10.9. The molecule has 0 aliphatic carbocycles. The summed E-state index contributed by atoms with van der Waals surface area (Å²) in [5.74, 6) is 0.912. The van der Waals surface area contributed by atoms with E-state index >= 15 is 0 Å².